The van der Waals surface area contributed by atoms with Crippen LogP contribution in [0.25, 0.3) is 5.70 Å². The second-order valence-electron chi connectivity index (χ2n) is 10.9. The lowest BCUT2D eigenvalue weighted by Gasteiger charge is -2.30. The molecule has 6 rings (SSSR count). The summed E-state index contributed by atoms with van der Waals surface area (Å²) in [4.78, 5) is 14.4. The Morgan fingerprint density at radius 2 is 2.14 bits per heavy atom. The SMILES string of the molecule is CCC(C)N=C(C=C(N)c1cnc(N)c(OC(F)F)c1)C12CC3CC1C2C3N1CCCN(C)CC1. The third-order valence-corrected chi connectivity index (χ3v) is 8.91. The number of hydrogen-bond donors (Lipinski definition) is 2. The van der Waals surface area contributed by atoms with Gasteiger partial charge in [0.25, 0.3) is 0 Å². The second-order valence-corrected chi connectivity index (χ2v) is 10.9. The molecule has 1 saturated heterocycles. The number of allylic oxidation sites excluding steroid dienone is 1. The number of aliphatic imine (C=N–C) groups is 1. The fourth-order valence-corrected chi connectivity index (χ4v) is 7.14. The molecule has 4 saturated carbocycles. The lowest BCUT2D eigenvalue weighted by molar-refractivity contribution is -0.0495. The summed E-state index contributed by atoms with van der Waals surface area (Å²) in [5.74, 6) is 1.76. The third-order valence-electron chi connectivity index (χ3n) is 8.91. The van der Waals surface area contributed by atoms with Gasteiger partial charge in [-0.1, -0.05) is 6.92 Å². The molecule has 0 spiro atoms. The molecule has 5 aliphatic rings. The zero-order valence-corrected chi connectivity index (χ0v) is 21.0. The molecule has 4 N–H and O–H groups in total. The monoisotopic (exact) mass is 488 g/mol. The molecule has 35 heavy (non-hydrogen) atoms. The molecule has 192 valence electrons. The van der Waals surface area contributed by atoms with Gasteiger partial charge in [-0.15, -0.1) is 0 Å². The first-order valence-corrected chi connectivity index (χ1v) is 12.9. The Labute approximate surface area is 206 Å². The van der Waals surface area contributed by atoms with E-state index in [2.05, 4.69) is 40.4 Å². The van der Waals surface area contributed by atoms with Crippen molar-refractivity contribution in [3.05, 3.63) is 23.9 Å². The Hall–Kier alpha value is -2.26. The van der Waals surface area contributed by atoms with Crippen LogP contribution >= 0.6 is 0 Å². The van der Waals surface area contributed by atoms with Gasteiger partial charge < -0.3 is 21.1 Å². The van der Waals surface area contributed by atoms with E-state index in [9.17, 15) is 8.78 Å². The Morgan fingerprint density at radius 3 is 2.86 bits per heavy atom. The molecular weight excluding hydrogens is 450 g/mol. The van der Waals surface area contributed by atoms with E-state index in [1.54, 1.807) is 0 Å². The number of nitrogen functional groups attached to an aromatic ring is 1. The molecule has 1 aliphatic heterocycles. The van der Waals surface area contributed by atoms with Crippen LogP contribution in [0, 0.1) is 23.2 Å². The van der Waals surface area contributed by atoms with E-state index in [-0.39, 0.29) is 23.0 Å². The number of alkyl halides is 2. The van der Waals surface area contributed by atoms with Crippen molar-refractivity contribution in [1.82, 2.24) is 14.8 Å². The molecule has 0 radical (unpaired) electrons. The van der Waals surface area contributed by atoms with E-state index in [4.69, 9.17) is 16.5 Å². The number of likely N-dealkylation sites (N-methyl/N-ethyl adjacent to an activating group) is 1. The topological polar surface area (TPSA) is 93.0 Å². The molecule has 9 heteroatoms. The zero-order valence-electron chi connectivity index (χ0n) is 21.0. The average molecular weight is 489 g/mol. The molecule has 4 aliphatic carbocycles. The summed E-state index contributed by atoms with van der Waals surface area (Å²) in [5, 5.41) is 0. The van der Waals surface area contributed by atoms with E-state index in [0.29, 0.717) is 29.1 Å². The van der Waals surface area contributed by atoms with E-state index in [1.807, 2.05) is 6.08 Å². The van der Waals surface area contributed by atoms with Gasteiger partial charge in [-0.2, -0.15) is 8.78 Å². The van der Waals surface area contributed by atoms with Crippen molar-refractivity contribution in [3.8, 4) is 5.75 Å². The van der Waals surface area contributed by atoms with E-state index in [0.717, 1.165) is 37.6 Å². The van der Waals surface area contributed by atoms with Crippen LogP contribution in [0.4, 0.5) is 14.6 Å². The maximum Gasteiger partial charge on any atom is 0.387 e. The van der Waals surface area contributed by atoms with Crippen LogP contribution in [0.15, 0.2) is 23.3 Å². The Kier molecular flexibility index (Phi) is 6.50. The van der Waals surface area contributed by atoms with Crippen LogP contribution in [0.2, 0.25) is 0 Å². The van der Waals surface area contributed by atoms with Gasteiger partial charge in [-0.25, -0.2) is 4.98 Å². The zero-order chi connectivity index (χ0) is 24.9. The number of hydrogen-bond acceptors (Lipinski definition) is 7. The predicted octanol–water partition coefficient (Wildman–Crippen LogP) is 3.47. The molecule has 6 unspecified atom stereocenters. The number of pyridine rings is 1. The summed E-state index contributed by atoms with van der Waals surface area (Å²) < 4.78 is 30.1. The number of anilines is 1. The lowest BCUT2D eigenvalue weighted by atomic mass is 9.94. The van der Waals surface area contributed by atoms with Crippen LogP contribution < -0.4 is 16.2 Å². The molecule has 2 heterocycles. The summed E-state index contributed by atoms with van der Waals surface area (Å²) in [6.45, 7) is 5.90. The fraction of sp³-hybridized carbons (Fsp3) is 0.692. The number of nitrogens with zero attached hydrogens (tertiary/aromatic N) is 4. The van der Waals surface area contributed by atoms with Crippen molar-refractivity contribution in [2.45, 2.75) is 58.2 Å². The maximum atomic E-state index is 12.8. The first-order valence-electron chi connectivity index (χ1n) is 12.9. The Morgan fingerprint density at radius 1 is 1.34 bits per heavy atom. The summed E-state index contributed by atoms with van der Waals surface area (Å²) in [6.07, 6.45) is 8.08. The molecule has 6 atom stereocenters. The van der Waals surface area contributed by atoms with Crippen molar-refractivity contribution in [1.29, 1.82) is 0 Å². The van der Waals surface area contributed by atoms with Gasteiger partial charge in [0.2, 0.25) is 0 Å². The molecule has 7 nitrogen and oxygen atoms in total. The largest absolute Gasteiger partial charge is 0.431 e. The molecule has 0 aromatic carbocycles. The minimum atomic E-state index is -2.98. The van der Waals surface area contributed by atoms with Gasteiger partial charge in [0, 0.05) is 53.8 Å². The number of ether oxygens (including phenoxy) is 1. The van der Waals surface area contributed by atoms with Gasteiger partial charge in [0.1, 0.15) is 0 Å². The van der Waals surface area contributed by atoms with Crippen LogP contribution in [-0.4, -0.2) is 72.4 Å². The summed E-state index contributed by atoms with van der Waals surface area (Å²) in [6, 6.07) is 2.26. The highest BCUT2D eigenvalue weighted by Gasteiger charge is 2.80. The minimum absolute atomic E-state index is 0.0845. The molecule has 1 aromatic heterocycles. The highest BCUT2D eigenvalue weighted by atomic mass is 19.3. The first-order chi connectivity index (χ1) is 16.7. The summed E-state index contributed by atoms with van der Waals surface area (Å²) in [7, 11) is 2.22. The molecular formula is C26H38F2N6O. The minimum Gasteiger partial charge on any atom is -0.431 e. The quantitative estimate of drug-likeness (QED) is 0.545. The van der Waals surface area contributed by atoms with Crippen molar-refractivity contribution in [2.24, 2.45) is 33.9 Å². The summed E-state index contributed by atoms with van der Waals surface area (Å²) in [5.41, 5.74) is 14.4. The molecule has 0 amide bonds. The van der Waals surface area contributed by atoms with Crippen molar-refractivity contribution in [2.75, 3.05) is 39.0 Å². The Balaban J connectivity index is 1.43. The van der Waals surface area contributed by atoms with Crippen molar-refractivity contribution < 1.29 is 13.5 Å². The number of rotatable bonds is 8. The Bertz CT molecular complexity index is 1020. The second kappa shape index (κ2) is 9.32. The smallest absolute Gasteiger partial charge is 0.387 e. The van der Waals surface area contributed by atoms with E-state index in [1.165, 1.54) is 38.2 Å². The number of aromatic nitrogens is 1. The van der Waals surface area contributed by atoms with Crippen LogP contribution in [0.3, 0.4) is 0 Å². The molecule has 1 aromatic rings. The third kappa shape index (κ3) is 4.31. The van der Waals surface area contributed by atoms with Crippen LogP contribution in [0.5, 0.6) is 5.75 Å². The lowest BCUT2D eigenvalue weighted by Crippen LogP contribution is -2.40. The van der Waals surface area contributed by atoms with Crippen molar-refractivity contribution >= 4 is 17.2 Å². The summed E-state index contributed by atoms with van der Waals surface area (Å²) >= 11 is 0. The van der Waals surface area contributed by atoms with Crippen LogP contribution in [0.1, 0.15) is 45.1 Å². The fourth-order valence-electron chi connectivity index (χ4n) is 7.14. The highest BCUT2D eigenvalue weighted by molar-refractivity contribution is 6.07. The van der Waals surface area contributed by atoms with Crippen LogP contribution in [-0.2, 0) is 0 Å². The van der Waals surface area contributed by atoms with Gasteiger partial charge in [-0.3, -0.25) is 9.89 Å². The van der Waals surface area contributed by atoms with Gasteiger partial charge >= 0.3 is 6.61 Å². The first kappa shape index (κ1) is 24.4. The van der Waals surface area contributed by atoms with E-state index < -0.39 is 6.61 Å². The maximum absolute atomic E-state index is 12.8. The standard InChI is InChI=1S/C26H38F2N6O/c1-4-15(2)32-21(12-19(29)17-11-20(35-25(27)28)24(30)31-14-17)26-13-16-10-18(26)22(26)23(16)34-7-5-6-33(3)8-9-34/h11-12,14-16,18,22-23,25H,4-10,13,29H2,1-3H3,(H2,30,31). The average Bonchev–Trinajstić information content (AvgIpc) is 3.07. The molecule has 4 bridgehead atoms. The van der Waals surface area contributed by atoms with Gasteiger partial charge in [0.05, 0.1) is 0 Å². The predicted molar refractivity (Wildman–Crippen MR) is 134 cm³/mol. The van der Waals surface area contributed by atoms with Gasteiger partial charge in [-0.05, 0) is 82.6 Å². The van der Waals surface area contributed by atoms with Gasteiger partial charge in [0.15, 0.2) is 11.6 Å². The molecule has 5 fully saturated rings. The number of nitrogens with two attached hydrogens (primary N) is 2. The highest BCUT2D eigenvalue weighted by Crippen LogP contribution is 2.80. The van der Waals surface area contributed by atoms with Crippen molar-refractivity contribution in [3.63, 3.8) is 0 Å². The number of halogens is 2. The normalized spacial score (nSPS) is 34.3. The van der Waals surface area contributed by atoms with E-state index >= 15 is 0 Å².